The van der Waals surface area contributed by atoms with Crippen LogP contribution in [0.2, 0.25) is 25.7 Å². The van der Waals surface area contributed by atoms with Crippen molar-refractivity contribution in [3.63, 3.8) is 0 Å². The van der Waals surface area contributed by atoms with Crippen LogP contribution in [0.25, 0.3) is 17.3 Å². The molecular weight excluding hydrogens is 608 g/mol. The van der Waals surface area contributed by atoms with Gasteiger partial charge in [-0.3, -0.25) is 4.57 Å². The molecule has 0 fully saturated rings. The summed E-state index contributed by atoms with van der Waals surface area (Å²) < 4.78 is 62.9. The third-order valence-electron chi connectivity index (χ3n) is 7.34. The van der Waals surface area contributed by atoms with E-state index in [2.05, 4.69) is 29.8 Å². The van der Waals surface area contributed by atoms with Gasteiger partial charge < -0.3 is 24.1 Å². The number of hydrogen-bond donors (Lipinski definition) is 2. The second-order valence-electron chi connectivity index (χ2n) is 11.7. The number of furan rings is 1. The number of anilines is 1. The predicted molar refractivity (Wildman–Crippen MR) is 168 cm³/mol. The number of methoxy groups -OCH3 is 2. The summed E-state index contributed by atoms with van der Waals surface area (Å²) in [5.74, 6) is 1.21. The maximum atomic E-state index is 14.5. The van der Waals surface area contributed by atoms with Gasteiger partial charge in [-0.05, 0) is 67.4 Å². The molecule has 14 heteroatoms. The normalized spacial score (nSPS) is 13.5. The summed E-state index contributed by atoms with van der Waals surface area (Å²) in [6.07, 6.45) is -1.60. The van der Waals surface area contributed by atoms with Crippen molar-refractivity contribution >= 4 is 24.0 Å². The molecule has 4 rings (SSSR count). The van der Waals surface area contributed by atoms with Gasteiger partial charge in [-0.2, -0.15) is 0 Å². The topological polar surface area (TPSA) is 140 Å². The fraction of sp³-hybridized carbons (Fsp3) is 0.400. The first-order valence-electron chi connectivity index (χ1n) is 14.1. The van der Waals surface area contributed by atoms with Crippen molar-refractivity contribution in [1.82, 2.24) is 14.8 Å². The van der Waals surface area contributed by atoms with E-state index in [1.54, 1.807) is 37.3 Å². The lowest BCUT2D eigenvalue weighted by Crippen LogP contribution is -2.44. The highest BCUT2D eigenvalue weighted by Crippen LogP contribution is 2.40. The Hall–Kier alpha value is -3.72. The highest BCUT2D eigenvalue weighted by molar-refractivity contribution is 7.93. The Bertz CT molecular complexity index is 1700. The molecule has 0 spiro atoms. The highest BCUT2D eigenvalue weighted by Gasteiger charge is 2.40. The first-order valence-corrected chi connectivity index (χ1v) is 19.3. The molecule has 0 saturated carbocycles. The molecular formula is C30H39FN4O7SSi. The molecule has 0 amide bonds. The Morgan fingerprint density at radius 1 is 1.07 bits per heavy atom. The molecule has 0 bridgehead atoms. The average molecular weight is 647 g/mol. The second kappa shape index (κ2) is 13.1. The molecule has 2 aromatic heterocycles. The van der Waals surface area contributed by atoms with Gasteiger partial charge in [-0.1, -0.05) is 31.8 Å². The van der Waals surface area contributed by atoms with E-state index in [9.17, 15) is 23.0 Å². The summed E-state index contributed by atoms with van der Waals surface area (Å²) in [6, 6.07) is 12.6. The number of hydrogen-bond acceptors (Lipinski definition) is 9. The molecule has 0 aliphatic carbocycles. The molecule has 4 aromatic rings. The van der Waals surface area contributed by atoms with E-state index in [1.807, 2.05) is 0 Å². The highest BCUT2D eigenvalue weighted by atomic mass is 32.2. The number of aromatic nitrogens is 3. The number of ether oxygens (including phenoxy) is 2. The Labute approximate surface area is 257 Å². The van der Waals surface area contributed by atoms with E-state index in [1.165, 1.54) is 31.8 Å². The maximum absolute atomic E-state index is 14.5. The van der Waals surface area contributed by atoms with Gasteiger partial charge >= 0.3 is 0 Å². The van der Waals surface area contributed by atoms with E-state index in [4.69, 9.17) is 13.9 Å². The van der Waals surface area contributed by atoms with Crippen molar-refractivity contribution in [2.75, 3.05) is 25.1 Å². The maximum Gasteiger partial charge on any atom is 0.246 e. The molecule has 0 radical (unpaired) electrons. The minimum absolute atomic E-state index is 0.0399. The molecule has 11 nitrogen and oxygen atoms in total. The lowest BCUT2D eigenvalue weighted by molar-refractivity contribution is 0.171. The zero-order valence-corrected chi connectivity index (χ0v) is 27.7. The summed E-state index contributed by atoms with van der Waals surface area (Å²) in [7, 11) is -3.26. The molecule has 44 heavy (non-hydrogen) atoms. The van der Waals surface area contributed by atoms with Crippen LogP contribution in [-0.4, -0.2) is 67.5 Å². The lowest BCUT2D eigenvalue weighted by atomic mass is 10.0. The van der Waals surface area contributed by atoms with Gasteiger partial charge in [0.25, 0.3) is 0 Å². The standard InChI is InChI=1S/C30H39FN4O7SSi/c1-19-11-14-26(42-19)29-32-33-30(35(29)27-24(40-3)9-8-10-25(27)41-4)34(15-16-44(5,6)7)43(38,39)20(2)28(37)23-13-12-22(31)17-21(23)18-36/h8-14,17,20,28,36-37H,15-16,18H2,1-7H3/t20-,28-/m0/s1. The number of para-hydroxylation sites is 1. The van der Waals surface area contributed by atoms with E-state index in [0.717, 1.165) is 16.4 Å². The molecule has 2 N–H and O–H groups in total. The van der Waals surface area contributed by atoms with Crippen molar-refractivity contribution in [3.05, 3.63) is 71.2 Å². The minimum Gasteiger partial charge on any atom is -0.494 e. The smallest absolute Gasteiger partial charge is 0.246 e. The molecule has 0 aliphatic heterocycles. The van der Waals surface area contributed by atoms with Gasteiger partial charge in [0.1, 0.15) is 34.0 Å². The van der Waals surface area contributed by atoms with Crippen molar-refractivity contribution in [2.24, 2.45) is 0 Å². The van der Waals surface area contributed by atoms with E-state index in [-0.39, 0.29) is 29.4 Å². The van der Waals surface area contributed by atoms with Crippen LogP contribution in [0.1, 0.15) is 29.9 Å². The molecule has 0 aliphatic rings. The summed E-state index contributed by atoms with van der Waals surface area (Å²) in [5.41, 5.74) is 0.546. The molecule has 238 valence electrons. The molecule has 2 aromatic carbocycles. The molecule has 0 unspecified atom stereocenters. The summed E-state index contributed by atoms with van der Waals surface area (Å²) in [5, 5.41) is 28.5. The van der Waals surface area contributed by atoms with E-state index < -0.39 is 41.9 Å². The van der Waals surface area contributed by atoms with Crippen molar-refractivity contribution in [1.29, 1.82) is 0 Å². The van der Waals surface area contributed by atoms with Gasteiger partial charge in [-0.15, -0.1) is 10.2 Å². The Morgan fingerprint density at radius 2 is 1.73 bits per heavy atom. The number of rotatable bonds is 13. The second-order valence-corrected chi connectivity index (χ2v) is 19.5. The van der Waals surface area contributed by atoms with Crippen LogP contribution in [0.5, 0.6) is 11.5 Å². The first-order chi connectivity index (χ1) is 20.7. The zero-order chi connectivity index (χ0) is 32.4. The quantitative estimate of drug-likeness (QED) is 0.190. The summed E-state index contributed by atoms with van der Waals surface area (Å²) in [6.45, 7) is 8.96. The van der Waals surface area contributed by atoms with Crippen molar-refractivity contribution in [3.8, 4) is 28.8 Å². The number of sulfonamides is 1. The van der Waals surface area contributed by atoms with Gasteiger partial charge in [0.2, 0.25) is 21.8 Å². The third-order valence-corrected chi connectivity index (χ3v) is 11.2. The van der Waals surface area contributed by atoms with E-state index >= 15 is 0 Å². The number of benzene rings is 2. The van der Waals surface area contributed by atoms with Crippen LogP contribution >= 0.6 is 0 Å². The molecule has 2 heterocycles. The van der Waals surface area contributed by atoms with Crippen LogP contribution < -0.4 is 13.8 Å². The van der Waals surface area contributed by atoms with E-state index in [0.29, 0.717) is 34.8 Å². The fourth-order valence-corrected chi connectivity index (χ4v) is 7.43. The fourth-order valence-electron chi connectivity index (χ4n) is 4.80. The number of halogens is 1. The zero-order valence-electron chi connectivity index (χ0n) is 25.9. The SMILES string of the molecule is COc1cccc(OC)c1-n1c(-c2ccc(C)o2)nnc1N(CC[Si](C)(C)C)S(=O)(=O)[C@@H](C)[C@H](O)c1ccc(F)cc1CO. The number of aryl methyl sites for hydroxylation is 1. The largest absolute Gasteiger partial charge is 0.494 e. The predicted octanol–water partition coefficient (Wildman–Crippen LogP) is 5.08. The molecule has 2 atom stereocenters. The first kappa shape index (κ1) is 33.2. The molecule has 0 saturated heterocycles. The van der Waals surface area contributed by atoms with Crippen LogP contribution in [-0.2, 0) is 16.6 Å². The Balaban J connectivity index is 1.97. The van der Waals surface area contributed by atoms with Crippen LogP contribution in [0.3, 0.4) is 0 Å². The van der Waals surface area contributed by atoms with Crippen molar-refractivity contribution < 1.29 is 36.9 Å². The summed E-state index contributed by atoms with van der Waals surface area (Å²) in [4.78, 5) is 0. The number of nitrogens with zero attached hydrogens (tertiary/aromatic N) is 4. The van der Waals surface area contributed by atoms with Gasteiger partial charge in [-0.25, -0.2) is 17.1 Å². The summed E-state index contributed by atoms with van der Waals surface area (Å²) >= 11 is 0. The van der Waals surface area contributed by atoms with Gasteiger partial charge in [0.15, 0.2) is 5.76 Å². The Kier molecular flexibility index (Phi) is 9.88. The van der Waals surface area contributed by atoms with Crippen molar-refractivity contribution in [2.45, 2.75) is 57.5 Å². The van der Waals surface area contributed by atoms with Crippen LogP contribution in [0, 0.1) is 12.7 Å². The minimum atomic E-state index is -4.40. The van der Waals surface area contributed by atoms with Gasteiger partial charge in [0, 0.05) is 14.6 Å². The monoisotopic (exact) mass is 646 g/mol. The lowest BCUT2D eigenvalue weighted by Gasteiger charge is -2.31. The van der Waals surface area contributed by atoms with Crippen LogP contribution in [0.4, 0.5) is 10.3 Å². The number of aliphatic hydroxyl groups is 2. The average Bonchev–Trinajstić information content (AvgIpc) is 3.61. The van der Waals surface area contributed by atoms with Crippen LogP contribution in [0.15, 0.2) is 52.9 Å². The number of aliphatic hydroxyl groups excluding tert-OH is 2. The Morgan fingerprint density at radius 3 is 2.27 bits per heavy atom. The third kappa shape index (κ3) is 6.67. The van der Waals surface area contributed by atoms with Gasteiger partial charge in [0.05, 0.1) is 26.9 Å².